The predicted octanol–water partition coefficient (Wildman–Crippen LogP) is 5.27. The van der Waals surface area contributed by atoms with E-state index < -0.39 is 0 Å². The molecule has 2 fully saturated rings. The molecule has 122 valence electrons. The van der Waals surface area contributed by atoms with Crippen molar-refractivity contribution in [3.8, 4) is 0 Å². The molecule has 0 N–H and O–H groups in total. The highest BCUT2D eigenvalue weighted by Crippen LogP contribution is 2.36. The maximum Gasteiger partial charge on any atom is 0.184 e. The standard InChI is InChI=1S/C20H30O2/c1-2-5-17-6-3-4-7-18(17)11-8-16-9-12-19(13-10-16)20-21-14-15-22-20/h9-10,12-13,17-18,20H,2-8,11,14-15H2,1H3. The topological polar surface area (TPSA) is 18.5 Å². The third-order valence-electron chi connectivity index (χ3n) is 5.40. The minimum atomic E-state index is -0.138. The second kappa shape index (κ2) is 8.12. The van der Waals surface area contributed by atoms with Crippen molar-refractivity contribution >= 4 is 0 Å². The maximum atomic E-state index is 5.55. The molecule has 2 heteroatoms. The molecule has 0 amide bonds. The molecule has 1 saturated carbocycles. The lowest BCUT2D eigenvalue weighted by molar-refractivity contribution is -0.0441. The second-order valence-electron chi connectivity index (χ2n) is 6.95. The van der Waals surface area contributed by atoms with E-state index in [4.69, 9.17) is 9.47 Å². The van der Waals surface area contributed by atoms with E-state index in [0.29, 0.717) is 13.2 Å². The van der Waals surface area contributed by atoms with Crippen LogP contribution in [0.5, 0.6) is 0 Å². The number of aryl methyl sites for hydroxylation is 1. The molecule has 2 aliphatic rings. The highest BCUT2D eigenvalue weighted by atomic mass is 16.7. The van der Waals surface area contributed by atoms with Gasteiger partial charge in [0, 0.05) is 5.56 Å². The van der Waals surface area contributed by atoms with Crippen LogP contribution in [-0.4, -0.2) is 13.2 Å². The Morgan fingerprint density at radius 2 is 1.55 bits per heavy atom. The summed E-state index contributed by atoms with van der Waals surface area (Å²) in [7, 11) is 0. The van der Waals surface area contributed by atoms with E-state index >= 15 is 0 Å². The molecule has 0 bridgehead atoms. The summed E-state index contributed by atoms with van der Waals surface area (Å²) in [6.45, 7) is 3.76. The van der Waals surface area contributed by atoms with Crippen LogP contribution in [0, 0.1) is 11.8 Å². The zero-order valence-electron chi connectivity index (χ0n) is 13.9. The number of rotatable bonds is 6. The molecule has 1 aromatic rings. The number of hydrogen-bond donors (Lipinski definition) is 0. The average Bonchev–Trinajstić information content (AvgIpc) is 3.09. The van der Waals surface area contributed by atoms with Gasteiger partial charge in [-0.05, 0) is 30.2 Å². The van der Waals surface area contributed by atoms with Gasteiger partial charge in [0.1, 0.15) is 0 Å². The van der Waals surface area contributed by atoms with Gasteiger partial charge < -0.3 is 9.47 Å². The van der Waals surface area contributed by atoms with Crippen molar-refractivity contribution in [3.05, 3.63) is 35.4 Å². The molecule has 0 spiro atoms. The molecule has 0 aromatic heterocycles. The third kappa shape index (κ3) is 4.11. The molecule has 1 heterocycles. The first-order valence-electron chi connectivity index (χ1n) is 9.19. The molecule has 22 heavy (non-hydrogen) atoms. The van der Waals surface area contributed by atoms with E-state index in [1.54, 1.807) is 0 Å². The van der Waals surface area contributed by atoms with Gasteiger partial charge in [0.25, 0.3) is 0 Å². The summed E-state index contributed by atoms with van der Waals surface area (Å²) >= 11 is 0. The van der Waals surface area contributed by atoms with Crippen LogP contribution in [0.15, 0.2) is 24.3 Å². The maximum absolute atomic E-state index is 5.55. The zero-order chi connectivity index (χ0) is 15.2. The van der Waals surface area contributed by atoms with Crippen molar-refractivity contribution in [3.63, 3.8) is 0 Å². The Balaban J connectivity index is 1.51. The summed E-state index contributed by atoms with van der Waals surface area (Å²) in [6, 6.07) is 8.88. The van der Waals surface area contributed by atoms with Gasteiger partial charge in [-0.15, -0.1) is 0 Å². The average molecular weight is 302 g/mol. The monoisotopic (exact) mass is 302 g/mol. The molecule has 1 aliphatic heterocycles. The normalized spacial score (nSPS) is 26.4. The Bertz CT molecular complexity index is 432. The SMILES string of the molecule is CCCC1CCCCC1CCc1ccc(C2OCCO2)cc1. The van der Waals surface area contributed by atoms with Crippen LogP contribution in [0.25, 0.3) is 0 Å². The van der Waals surface area contributed by atoms with Crippen LogP contribution in [0.1, 0.15) is 69.3 Å². The van der Waals surface area contributed by atoms with Crippen LogP contribution in [0.3, 0.4) is 0 Å². The Morgan fingerprint density at radius 1 is 0.909 bits per heavy atom. The molecular weight excluding hydrogens is 272 g/mol. The van der Waals surface area contributed by atoms with Gasteiger partial charge in [0.15, 0.2) is 6.29 Å². The van der Waals surface area contributed by atoms with Crippen molar-refractivity contribution in [2.45, 2.75) is 64.6 Å². The number of hydrogen-bond acceptors (Lipinski definition) is 2. The smallest absolute Gasteiger partial charge is 0.184 e. The third-order valence-corrected chi connectivity index (χ3v) is 5.40. The summed E-state index contributed by atoms with van der Waals surface area (Å²) in [5.74, 6) is 1.94. The quantitative estimate of drug-likeness (QED) is 0.712. The lowest BCUT2D eigenvalue weighted by atomic mass is 9.74. The van der Waals surface area contributed by atoms with Gasteiger partial charge in [-0.2, -0.15) is 0 Å². The molecular formula is C20H30O2. The first-order valence-corrected chi connectivity index (χ1v) is 9.19. The highest BCUT2D eigenvalue weighted by Gasteiger charge is 2.24. The molecule has 0 radical (unpaired) electrons. The van der Waals surface area contributed by atoms with Crippen LogP contribution in [-0.2, 0) is 15.9 Å². The van der Waals surface area contributed by atoms with Crippen LogP contribution >= 0.6 is 0 Å². The van der Waals surface area contributed by atoms with Crippen molar-refractivity contribution < 1.29 is 9.47 Å². The predicted molar refractivity (Wildman–Crippen MR) is 89.8 cm³/mol. The van der Waals surface area contributed by atoms with Crippen molar-refractivity contribution in [1.82, 2.24) is 0 Å². The Kier molecular flexibility index (Phi) is 5.91. The van der Waals surface area contributed by atoms with E-state index in [1.807, 2.05) is 0 Å². The van der Waals surface area contributed by atoms with Crippen LogP contribution in [0.4, 0.5) is 0 Å². The van der Waals surface area contributed by atoms with Gasteiger partial charge >= 0.3 is 0 Å². The Hall–Kier alpha value is -0.860. The summed E-state index contributed by atoms with van der Waals surface area (Å²) in [5, 5.41) is 0. The lowest BCUT2D eigenvalue weighted by Crippen LogP contribution is -2.20. The highest BCUT2D eigenvalue weighted by molar-refractivity contribution is 5.23. The van der Waals surface area contributed by atoms with Gasteiger partial charge in [0.2, 0.25) is 0 Å². The van der Waals surface area contributed by atoms with Gasteiger partial charge in [-0.3, -0.25) is 0 Å². The Morgan fingerprint density at radius 3 is 2.18 bits per heavy atom. The summed E-state index contributed by atoms with van der Waals surface area (Å²) in [4.78, 5) is 0. The van der Waals surface area contributed by atoms with Gasteiger partial charge in [-0.1, -0.05) is 69.7 Å². The van der Waals surface area contributed by atoms with Crippen molar-refractivity contribution in [2.75, 3.05) is 13.2 Å². The van der Waals surface area contributed by atoms with E-state index in [2.05, 4.69) is 31.2 Å². The second-order valence-corrected chi connectivity index (χ2v) is 6.95. The first-order chi connectivity index (χ1) is 10.9. The van der Waals surface area contributed by atoms with Crippen molar-refractivity contribution in [1.29, 1.82) is 0 Å². The minimum Gasteiger partial charge on any atom is -0.346 e. The van der Waals surface area contributed by atoms with Crippen LogP contribution in [0.2, 0.25) is 0 Å². The fraction of sp³-hybridized carbons (Fsp3) is 0.700. The molecule has 3 rings (SSSR count). The summed E-state index contributed by atoms with van der Waals surface area (Å²) < 4.78 is 11.1. The largest absolute Gasteiger partial charge is 0.346 e. The van der Waals surface area contributed by atoms with Gasteiger partial charge in [0.05, 0.1) is 13.2 Å². The fourth-order valence-electron chi connectivity index (χ4n) is 4.16. The molecule has 1 aliphatic carbocycles. The lowest BCUT2D eigenvalue weighted by Gasteiger charge is -2.31. The molecule has 2 nitrogen and oxygen atoms in total. The molecule has 2 unspecified atom stereocenters. The molecule has 2 atom stereocenters. The minimum absolute atomic E-state index is 0.138. The first kappa shape index (κ1) is 16.0. The summed E-state index contributed by atoms with van der Waals surface area (Å²) in [6.07, 6.45) is 11.0. The fourth-order valence-corrected chi connectivity index (χ4v) is 4.16. The summed E-state index contributed by atoms with van der Waals surface area (Å²) in [5.41, 5.74) is 2.62. The van der Waals surface area contributed by atoms with Crippen molar-refractivity contribution in [2.24, 2.45) is 11.8 Å². The van der Waals surface area contributed by atoms with E-state index in [1.165, 1.54) is 56.9 Å². The van der Waals surface area contributed by atoms with Crippen LogP contribution < -0.4 is 0 Å². The molecule has 1 aromatic carbocycles. The number of benzene rings is 1. The molecule has 1 saturated heterocycles. The zero-order valence-corrected chi connectivity index (χ0v) is 13.9. The Labute approximate surface area is 135 Å². The van der Waals surface area contributed by atoms with E-state index in [0.717, 1.165) is 17.4 Å². The van der Waals surface area contributed by atoms with E-state index in [-0.39, 0.29) is 6.29 Å². The van der Waals surface area contributed by atoms with E-state index in [9.17, 15) is 0 Å². The number of ether oxygens (including phenoxy) is 2. The van der Waals surface area contributed by atoms with Gasteiger partial charge in [-0.25, -0.2) is 0 Å².